The van der Waals surface area contributed by atoms with Gasteiger partial charge in [-0.25, -0.2) is 14.1 Å². The number of nitrogen functional groups attached to an aromatic ring is 2. The lowest BCUT2D eigenvalue weighted by atomic mass is 10.1. The predicted molar refractivity (Wildman–Crippen MR) is 71.2 cm³/mol. The van der Waals surface area contributed by atoms with E-state index in [-0.39, 0.29) is 11.4 Å². The van der Waals surface area contributed by atoms with Gasteiger partial charge in [0.25, 0.3) is 0 Å². The van der Waals surface area contributed by atoms with Crippen molar-refractivity contribution in [3.63, 3.8) is 0 Å². The standard InChI is InChI=1S/C12H14ClFN4/c1-2-3-10-17-11(12(15)18(10)16)8-6-7(13)4-5-9(8)14/h4-6H,2-3,15-16H2,1H3. The summed E-state index contributed by atoms with van der Waals surface area (Å²) in [4.78, 5) is 4.29. The van der Waals surface area contributed by atoms with Crippen molar-refractivity contribution in [3.05, 3.63) is 34.9 Å². The Morgan fingerprint density at radius 1 is 1.44 bits per heavy atom. The van der Waals surface area contributed by atoms with Gasteiger partial charge in [0.15, 0.2) is 5.82 Å². The first-order chi connectivity index (χ1) is 8.54. The Hall–Kier alpha value is -1.75. The fourth-order valence-electron chi connectivity index (χ4n) is 1.77. The first-order valence-corrected chi connectivity index (χ1v) is 6.00. The third-order valence-electron chi connectivity index (χ3n) is 2.68. The number of aromatic nitrogens is 2. The van der Waals surface area contributed by atoms with Crippen molar-refractivity contribution in [1.29, 1.82) is 0 Å². The van der Waals surface area contributed by atoms with Crippen LogP contribution in [0.4, 0.5) is 10.2 Å². The summed E-state index contributed by atoms with van der Waals surface area (Å²) in [6.45, 7) is 2.00. The summed E-state index contributed by atoms with van der Waals surface area (Å²) in [5.41, 5.74) is 6.45. The van der Waals surface area contributed by atoms with Crippen LogP contribution in [0.3, 0.4) is 0 Å². The van der Waals surface area contributed by atoms with Gasteiger partial charge >= 0.3 is 0 Å². The number of halogens is 2. The smallest absolute Gasteiger partial charge is 0.150 e. The monoisotopic (exact) mass is 268 g/mol. The van der Waals surface area contributed by atoms with E-state index in [1.807, 2.05) is 6.92 Å². The molecule has 0 saturated heterocycles. The van der Waals surface area contributed by atoms with Crippen LogP contribution in [0.25, 0.3) is 11.3 Å². The molecule has 1 heterocycles. The largest absolute Gasteiger partial charge is 0.382 e. The minimum atomic E-state index is -0.424. The van der Waals surface area contributed by atoms with E-state index in [1.54, 1.807) is 0 Å². The second kappa shape index (κ2) is 4.86. The van der Waals surface area contributed by atoms with E-state index >= 15 is 0 Å². The average molecular weight is 269 g/mol. The Morgan fingerprint density at radius 3 is 2.83 bits per heavy atom. The fraction of sp³-hybridized carbons (Fsp3) is 0.250. The molecule has 0 spiro atoms. The molecular formula is C12H14ClFN4. The molecule has 0 atom stereocenters. The van der Waals surface area contributed by atoms with Crippen LogP contribution in [-0.2, 0) is 6.42 Å². The normalized spacial score (nSPS) is 10.8. The first kappa shape index (κ1) is 12.7. The Bertz CT molecular complexity index is 580. The molecule has 0 radical (unpaired) electrons. The van der Waals surface area contributed by atoms with E-state index in [1.165, 1.54) is 22.9 Å². The molecule has 2 aromatic rings. The van der Waals surface area contributed by atoms with Gasteiger partial charge in [-0.1, -0.05) is 18.5 Å². The number of hydrogen-bond donors (Lipinski definition) is 2. The number of aryl methyl sites for hydroxylation is 1. The number of rotatable bonds is 3. The van der Waals surface area contributed by atoms with Crippen LogP contribution < -0.4 is 11.6 Å². The lowest BCUT2D eigenvalue weighted by Crippen LogP contribution is -2.15. The van der Waals surface area contributed by atoms with Gasteiger partial charge in [0.05, 0.1) is 0 Å². The molecule has 96 valence electrons. The number of anilines is 1. The van der Waals surface area contributed by atoms with E-state index in [9.17, 15) is 4.39 Å². The Labute approximate surface area is 109 Å². The van der Waals surface area contributed by atoms with Crippen LogP contribution in [0.15, 0.2) is 18.2 Å². The maximum Gasteiger partial charge on any atom is 0.150 e. The summed E-state index contributed by atoms with van der Waals surface area (Å²) < 4.78 is 15.0. The molecule has 2 rings (SSSR count). The van der Waals surface area contributed by atoms with Crippen LogP contribution in [0, 0.1) is 5.82 Å². The lowest BCUT2D eigenvalue weighted by Gasteiger charge is -2.02. The third kappa shape index (κ3) is 2.13. The van der Waals surface area contributed by atoms with Crippen molar-refractivity contribution in [3.8, 4) is 11.3 Å². The molecule has 6 heteroatoms. The van der Waals surface area contributed by atoms with Gasteiger partial charge in [0, 0.05) is 17.0 Å². The summed E-state index contributed by atoms with van der Waals surface area (Å²) in [6.07, 6.45) is 1.56. The molecular weight excluding hydrogens is 255 g/mol. The van der Waals surface area contributed by atoms with Gasteiger partial charge in [0.2, 0.25) is 0 Å². The lowest BCUT2D eigenvalue weighted by molar-refractivity contribution is 0.631. The second-order valence-electron chi connectivity index (χ2n) is 4.01. The quantitative estimate of drug-likeness (QED) is 0.841. The summed E-state index contributed by atoms with van der Waals surface area (Å²) in [6, 6.07) is 4.25. The molecule has 0 aliphatic heterocycles. The molecule has 0 amide bonds. The summed E-state index contributed by atoms with van der Waals surface area (Å²) in [5.74, 6) is 6.23. The Kier molecular flexibility index (Phi) is 3.43. The molecule has 4 nitrogen and oxygen atoms in total. The van der Waals surface area contributed by atoms with Crippen molar-refractivity contribution in [2.75, 3.05) is 11.6 Å². The predicted octanol–water partition coefficient (Wildman–Crippen LogP) is 2.59. The van der Waals surface area contributed by atoms with E-state index in [4.69, 9.17) is 23.2 Å². The maximum absolute atomic E-state index is 13.8. The average Bonchev–Trinajstić information content (AvgIpc) is 2.61. The highest BCUT2D eigenvalue weighted by Crippen LogP contribution is 2.29. The SMILES string of the molecule is CCCc1nc(-c2cc(Cl)ccc2F)c(N)n1N. The number of benzene rings is 1. The van der Waals surface area contributed by atoms with Gasteiger partial charge in [-0.05, 0) is 24.6 Å². The van der Waals surface area contributed by atoms with E-state index < -0.39 is 5.82 Å². The molecule has 1 aromatic carbocycles. The minimum absolute atomic E-state index is 0.236. The summed E-state index contributed by atoms with van der Waals surface area (Å²) in [7, 11) is 0. The molecule has 1 aromatic heterocycles. The number of nitrogens with zero attached hydrogens (tertiary/aromatic N) is 2. The Morgan fingerprint density at radius 2 is 2.17 bits per heavy atom. The highest BCUT2D eigenvalue weighted by molar-refractivity contribution is 6.30. The zero-order chi connectivity index (χ0) is 13.3. The highest BCUT2D eigenvalue weighted by Gasteiger charge is 2.17. The molecule has 0 fully saturated rings. The van der Waals surface area contributed by atoms with E-state index in [0.29, 0.717) is 23.0 Å². The minimum Gasteiger partial charge on any atom is -0.382 e. The summed E-state index contributed by atoms with van der Waals surface area (Å²) in [5, 5.41) is 0.425. The van der Waals surface area contributed by atoms with Crippen molar-refractivity contribution >= 4 is 17.4 Å². The topological polar surface area (TPSA) is 69.9 Å². The molecule has 0 aliphatic carbocycles. The van der Waals surface area contributed by atoms with Crippen LogP contribution in [-0.4, -0.2) is 9.66 Å². The van der Waals surface area contributed by atoms with Gasteiger partial charge in [-0.15, -0.1) is 0 Å². The number of imidazole rings is 1. The van der Waals surface area contributed by atoms with Crippen molar-refractivity contribution < 1.29 is 4.39 Å². The third-order valence-corrected chi connectivity index (χ3v) is 2.91. The van der Waals surface area contributed by atoms with Crippen LogP contribution in [0.2, 0.25) is 5.02 Å². The van der Waals surface area contributed by atoms with Gasteiger partial charge in [-0.2, -0.15) is 0 Å². The molecule has 18 heavy (non-hydrogen) atoms. The molecule has 0 saturated carbocycles. The molecule has 0 unspecified atom stereocenters. The maximum atomic E-state index is 13.8. The number of hydrogen-bond acceptors (Lipinski definition) is 3. The van der Waals surface area contributed by atoms with Gasteiger partial charge in [0.1, 0.15) is 17.3 Å². The highest BCUT2D eigenvalue weighted by atomic mass is 35.5. The van der Waals surface area contributed by atoms with E-state index in [0.717, 1.165) is 6.42 Å². The van der Waals surface area contributed by atoms with Crippen molar-refractivity contribution in [1.82, 2.24) is 9.66 Å². The van der Waals surface area contributed by atoms with Crippen molar-refractivity contribution in [2.24, 2.45) is 0 Å². The molecule has 0 aliphatic rings. The fourth-order valence-corrected chi connectivity index (χ4v) is 1.94. The van der Waals surface area contributed by atoms with Gasteiger partial charge < -0.3 is 11.6 Å². The van der Waals surface area contributed by atoms with E-state index in [2.05, 4.69) is 4.98 Å². The van der Waals surface area contributed by atoms with Crippen molar-refractivity contribution in [2.45, 2.75) is 19.8 Å². The van der Waals surface area contributed by atoms with Gasteiger partial charge in [-0.3, -0.25) is 0 Å². The van der Waals surface area contributed by atoms with Crippen LogP contribution >= 0.6 is 11.6 Å². The van der Waals surface area contributed by atoms with Crippen LogP contribution in [0.1, 0.15) is 19.2 Å². The first-order valence-electron chi connectivity index (χ1n) is 5.62. The van der Waals surface area contributed by atoms with Crippen LogP contribution in [0.5, 0.6) is 0 Å². The second-order valence-corrected chi connectivity index (χ2v) is 4.44. The zero-order valence-corrected chi connectivity index (χ0v) is 10.7. The summed E-state index contributed by atoms with van der Waals surface area (Å²) >= 11 is 5.85. The number of nitrogens with two attached hydrogens (primary N) is 2. The molecule has 0 bridgehead atoms. The Balaban J connectivity index is 2.57. The molecule has 4 N–H and O–H groups in total. The zero-order valence-electron chi connectivity index (χ0n) is 9.95.